The third-order valence-corrected chi connectivity index (χ3v) is 7.61. The number of hydrogen-bond acceptors (Lipinski definition) is 1. The summed E-state index contributed by atoms with van der Waals surface area (Å²) in [6, 6.07) is 51.5. The lowest BCUT2D eigenvalue weighted by Gasteiger charge is -2.13. The number of aromatic nitrogens is 2. The van der Waals surface area contributed by atoms with Crippen LogP contribution in [0.4, 0.5) is 0 Å². The number of fused-ring (bicyclic) bond motifs is 3. The molecule has 2 nitrogen and oxygen atoms in total. The summed E-state index contributed by atoms with van der Waals surface area (Å²) in [4.78, 5) is 5.05. The van der Waals surface area contributed by atoms with Crippen LogP contribution in [0.2, 0.25) is 0 Å². The first-order chi connectivity index (χ1) is 19.7. The standard InChI is InChI=1S/C38H28N2/c1-26(2)40-37-20-18-30(27-12-6-3-7-13-27)22-33(37)34-23-31(19-21-38(34)40)32-24-35(28-14-8-4-9-15-28)39-36(25-32)29-16-10-5-11-17-29/h3-4,6-10,12-26H,1-2H3. The Morgan fingerprint density at radius 3 is 1.68 bits per heavy atom. The Balaban J connectivity index is 1.46. The predicted molar refractivity (Wildman–Crippen MR) is 167 cm³/mol. The van der Waals surface area contributed by atoms with Gasteiger partial charge in [-0.1, -0.05) is 84.9 Å². The Bertz CT molecular complexity index is 1890. The van der Waals surface area contributed by atoms with Gasteiger partial charge in [0.2, 0.25) is 0 Å². The summed E-state index contributed by atoms with van der Waals surface area (Å²) in [5.74, 6) is 0. The molecule has 0 unspecified atom stereocenters. The Morgan fingerprint density at radius 2 is 1.10 bits per heavy atom. The van der Waals surface area contributed by atoms with Crippen molar-refractivity contribution in [3.05, 3.63) is 140 Å². The minimum Gasteiger partial charge on any atom is -0.338 e. The van der Waals surface area contributed by atoms with Crippen LogP contribution in [-0.2, 0) is 0 Å². The third-order valence-electron chi connectivity index (χ3n) is 7.61. The summed E-state index contributed by atoms with van der Waals surface area (Å²) in [6.07, 6.45) is 0. The molecule has 0 aliphatic carbocycles. The zero-order valence-electron chi connectivity index (χ0n) is 22.6. The predicted octanol–water partition coefficient (Wildman–Crippen LogP) is 10.0. The molecule has 0 spiro atoms. The maximum atomic E-state index is 5.05. The lowest BCUT2D eigenvalue weighted by molar-refractivity contribution is 0.642. The van der Waals surface area contributed by atoms with Crippen LogP contribution < -0.4 is 0 Å². The molecular formula is C38H28N2. The lowest BCUT2D eigenvalue weighted by atomic mass is 9.98. The van der Waals surface area contributed by atoms with Gasteiger partial charge in [-0.3, -0.25) is 0 Å². The molecule has 0 fully saturated rings. The molecule has 0 bridgehead atoms. The van der Waals surface area contributed by atoms with E-state index >= 15 is 0 Å². The molecule has 0 aliphatic rings. The topological polar surface area (TPSA) is 17.8 Å². The molecule has 0 N–H and O–H groups in total. The molecule has 7 aromatic rings. The molecular weight excluding hydrogens is 484 g/mol. The number of pyridine rings is 1. The van der Waals surface area contributed by atoms with E-state index in [9.17, 15) is 0 Å². The summed E-state index contributed by atoms with van der Waals surface area (Å²) in [5.41, 5.74) is 11.3. The molecule has 0 saturated heterocycles. The molecule has 0 amide bonds. The Kier molecular flexibility index (Phi) is 5.91. The molecule has 2 aromatic heterocycles. The number of benzene rings is 4. The summed E-state index contributed by atoms with van der Waals surface area (Å²) < 4.78 is 2.45. The summed E-state index contributed by atoms with van der Waals surface area (Å²) >= 11 is 0. The van der Waals surface area contributed by atoms with Gasteiger partial charge < -0.3 is 4.57 Å². The van der Waals surface area contributed by atoms with E-state index in [1.54, 1.807) is 0 Å². The molecule has 40 heavy (non-hydrogen) atoms. The van der Waals surface area contributed by atoms with Crippen LogP contribution in [0.3, 0.4) is 0 Å². The largest absolute Gasteiger partial charge is 0.338 e. The van der Waals surface area contributed by atoms with Crippen molar-refractivity contribution in [2.45, 2.75) is 19.9 Å². The van der Waals surface area contributed by atoms with E-state index in [0.29, 0.717) is 6.04 Å². The fraction of sp³-hybridized carbons (Fsp3) is 0.0789. The van der Waals surface area contributed by atoms with Crippen molar-refractivity contribution in [3.8, 4) is 44.8 Å². The quantitative estimate of drug-likeness (QED) is 0.224. The Morgan fingerprint density at radius 1 is 0.525 bits per heavy atom. The van der Waals surface area contributed by atoms with Gasteiger partial charge in [0.15, 0.2) is 0 Å². The fourth-order valence-corrected chi connectivity index (χ4v) is 5.71. The van der Waals surface area contributed by atoms with E-state index in [0.717, 1.165) is 28.1 Å². The number of hydrogen-bond donors (Lipinski definition) is 0. The minimum atomic E-state index is 0.344. The van der Waals surface area contributed by atoms with Crippen molar-refractivity contribution < 1.29 is 0 Å². The van der Waals surface area contributed by atoms with Crippen molar-refractivity contribution in [2.75, 3.05) is 0 Å². The van der Waals surface area contributed by atoms with Crippen LogP contribution >= 0.6 is 0 Å². The van der Waals surface area contributed by atoms with Gasteiger partial charge in [0.1, 0.15) is 0 Å². The van der Waals surface area contributed by atoms with Gasteiger partial charge in [-0.25, -0.2) is 4.98 Å². The normalized spacial score (nSPS) is 11.3. The van der Waals surface area contributed by atoms with E-state index in [1.807, 2.05) is 24.3 Å². The molecule has 0 saturated carbocycles. The maximum Gasteiger partial charge on any atom is 0.0722 e. The molecule has 0 aliphatic heterocycles. The van der Waals surface area contributed by atoms with Crippen LogP contribution in [0.5, 0.6) is 0 Å². The monoisotopic (exact) mass is 512 g/mol. The zero-order valence-corrected chi connectivity index (χ0v) is 22.6. The van der Waals surface area contributed by atoms with Gasteiger partial charge in [0.05, 0.1) is 11.4 Å². The van der Waals surface area contributed by atoms with Gasteiger partial charge in [0, 0.05) is 39.0 Å². The van der Waals surface area contributed by atoms with Crippen molar-refractivity contribution in [1.82, 2.24) is 9.55 Å². The van der Waals surface area contributed by atoms with E-state index < -0.39 is 0 Å². The number of nitrogens with zero attached hydrogens (tertiary/aromatic N) is 2. The first-order valence-electron chi connectivity index (χ1n) is 13.7. The zero-order chi connectivity index (χ0) is 27.1. The second kappa shape index (κ2) is 9.88. The van der Waals surface area contributed by atoms with E-state index in [-0.39, 0.29) is 0 Å². The molecule has 0 radical (unpaired) electrons. The second-order valence-corrected chi connectivity index (χ2v) is 10.5. The molecule has 190 valence electrons. The molecule has 5 aromatic carbocycles. The average molecular weight is 513 g/mol. The van der Waals surface area contributed by atoms with E-state index in [4.69, 9.17) is 4.98 Å². The van der Waals surface area contributed by atoms with E-state index in [1.165, 1.54) is 38.5 Å². The third kappa shape index (κ3) is 4.23. The van der Waals surface area contributed by atoms with Crippen LogP contribution in [0.25, 0.3) is 66.6 Å². The average Bonchev–Trinajstić information content (AvgIpc) is 3.35. The SMILES string of the molecule is CC(C)n1c2ccc(-c3ccccc3)cc2c2cc(-c3cc(-c4cc#ccc4)nc(-c4ccccc4)c3)ccc21. The van der Waals surface area contributed by atoms with Crippen molar-refractivity contribution >= 4 is 21.8 Å². The molecule has 2 heterocycles. The van der Waals surface area contributed by atoms with Crippen LogP contribution in [0, 0.1) is 12.1 Å². The van der Waals surface area contributed by atoms with Crippen molar-refractivity contribution in [1.29, 1.82) is 0 Å². The van der Waals surface area contributed by atoms with Crippen LogP contribution in [0.15, 0.2) is 127 Å². The minimum absolute atomic E-state index is 0.344. The second-order valence-electron chi connectivity index (χ2n) is 10.5. The van der Waals surface area contributed by atoms with Gasteiger partial charge in [0.25, 0.3) is 0 Å². The molecule has 7 rings (SSSR count). The smallest absolute Gasteiger partial charge is 0.0722 e. The lowest BCUT2D eigenvalue weighted by Crippen LogP contribution is -1.99. The highest BCUT2D eigenvalue weighted by atomic mass is 15.0. The highest BCUT2D eigenvalue weighted by molar-refractivity contribution is 6.10. The van der Waals surface area contributed by atoms with Gasteiger partial charge in [-0.15, -0.1) is 0 Å². The highest BCUT2D eigenvalue weighted by Gasteiger charge is 2.16. The maximum absolute atomic E-state index is 5.05. The summed E-state index contributed by atoms with van der Waals surface area (Å²) in [6.45, 7) is 4.51. The van der Waals surface area contributed by atoms with Gasteiger partial charge in [-0.2, -0.15) is 0 Å². The fourth-order valence-electron chi connectivity index (χ4n) is 5.71. The Hall–Kier alpha value is -5.13. The Labute approximate surface area is 235 Å². The van der Waals surface area contributed by atoms with Gasteiger partial charge >= 0.3 is 0 Å². The summed E-state index contributed by atoms with van der Waals surface area (Å²) in [7, 11) is 0. The highest BCUT2D eigenvalue weighted by Crippen LogP contribution is 2.38. The van der Waals surface area contributed by atoms with E-state index in [2.05, 4.69) is 134 Å². The first kappa shape index (κ1) is 23.9. The first-order valence-corrected chi connectivity index (χ1v) is 13.7. The van der Waals surface area contributed by atoms with Crippen molar-refractivity contribution in [3.63, 3.8) is 0 Å². The molecule has 2 heteroatoms. The molecule has 0 atom stereocenters. The number of rotatable bonds is 5. The summed E-state index contributed by atoms with van der Waals surface area (Å²) in [5, 5.41) is 2.54. The van der Waals surface area contributed by atoms with Crippen molar-refractivity contribution in [2.24, 2.45) is 0 Å². The van der Waals surface area contributed by atoms with Crippen LogP contribution in [0.1, 0.15) is 19.9 Å². The van der Waals surface area contributed by atoms with Gasteiger partial charge in [-0.05, 0) is 90.7 Å². The van der Waals surface area contributed by atoms with Crippen LogP contribution in [-0.4, -0.2) is 9.55 Å².